The molecule has 0 aliphatic carbocycles. The smallest absolute Gasteiger partial charge is 0.263 e. The van der Waals surface area contributed by atoms with Crippen molar-refractivity contribution in [1.29, 1.82) is 0 Å². The standard InChI is InChI=1S/C26H22N2OS/c1-17(2)18-10-12-20(13-11-18)23-15-30-25-24(23)26(29)28(16-27-25)14-21-8-5-7-19-6-3-4-9-22(19)21/h3-13,15-17H,14H2,1-2H3. The van der Waals surface area contributed by atoms with Crippen LogP contribution in [0, 0.1) is 0 Å². The average molecular weight is 411 g/mol. The van der Waals surface area contributed by atoms with Crippen LogP contribution in [0.15, 0.2) is 83.2 Å². The van der Waals surface area contributed by atoms with Crippen molar-refractivity contribution in [2.24, 2.45) is 0 Å². The van der Waals surface area contributed by atoms with Gasteiger partial charge < -0.3 is 0 Å². The van der Waals surface area contributed by atoms with Crippen molar-refractivity contribution >= 4 is 32.3 Å². The van der Waals surface area contributed by atoms with Gasteiger partial charge >= 0.3 is 0 Å². The summed E-state index contributed by atoms with van der Waals surface area (Å²) in [5.74, 6) is 0.484. The molecule has 0 N–H and O–H groups in total. The molecule has 4 heteroatoms. The van der Waals surface area contributed by atoms with Crippen molar-refractivity contribution in [2.75, 3.05) is 0 Å². The molecule has 5 rings (SSSR count). The van der Waals surface area contributed by atoms with Gasteiger partial charge in [-0.25, -0.2) is 4.98 Å². The van der Waals surface area contributed by atoms with Crippen molar-refractivity contribution in [2.45, 2.75) is 26.3 Å². The quantitative estimate of drug-likeness (QED) is 0.341. The Kier molecular flexibility index (Phi) is 4.72. The number of hydrogen-bond acceptors (Lipinski definition) is 3. The fraction of sp³-hybridized carbons (Fsp3) is 0.154. The lowest BCUT2D eigenvalue weighted by molar-refractivity contribution is 0.754. The minimum atomic E-state index is 0.0112. The van der Waals surface area contributed by atoms with Gasteiger partial charge in [-0.3, -0.25) is 9.36 Å². The summed E-state index contributed by atoms with van der Waals surface area (Å²) in [6.45, 7) is 4.88. The van der Waals surface area contributed by atoms with E-state index in [4.69, 9.17) is 0 Å². The van der Waals surface area contributed by atoms with Gasteiger partial charge in [0.1, 0.15) is 4.83 Å². The Morgan fingerprint density at radius 1 is 0.967 bits per heavy atom. The van der Waals surface area contributed by atoms with E-state index in [2.05, 4.69) is 67.4 Å². The number of fused-ring (bicyclic) bond motifs is 2. The molecular formula is C26H22N2OS. The lowest BCUT2D eigenvalue weighted by Gasteiger charge is -2.10. The highest BCUT2D eigenvalue weighted by atomic mass is 32.1. The first-order valence-corrected chi connectivity index (χ1v) is 11.0. The number of benzene rings is 3. The molecule has 2 aromatic heterocycles. The first-order chi connectivity index (χ1) is 14.6. The maximum absolute atomic E-state index is 13.4. The molecule has 148 valence electrons. The molecule has 0 aliphatic heterocycles. The summed E-state index contributed by atoms with van der Waals surface area (Å²) in [4.78, 5) is 18.8. The third kappa shape index (κ3) is 3.23. The Labute approximate surface area is 179 Å². The minimum Gasteiger partial charge on any atom is -0.294 e. The third-order valence-electron chi connectivity index (χ3n) is 5.67. The Morgan fingerprint density at radius 3 is 2.53 bits per heavy atom. The van der Waals surface area contributed by atoms with E-state index in [0.717, 1.165) is 21.5 Å². The van der Waals surface area contributed by atoms with Gasteiger partial charge in [0.05, 0.1) is 18.3 Å². The fourth-order valence-corrected chi connectivity index (χ4v) is 4.86. The number of rotatable bonds is 4. The van der Waals surface area contributed by atoms with Gasteiger partial charge in [-0.1, -0.05) is 80.6 Å². The molecule has 0 amide bonds. The molecule has 0 radical (unpaired) electrons. The second-order valence-electron chi connectivity index (χ2n) is 7.92. The molecule has 0 saturated heterocycles. The monoisotopic (exact) mass is 410 g/mol. The van der Waals surface area contributed by atoms with Crippen LogP contribution in [0.5, 0.6) is 0 Å². The van der Waals surface area contributed by atoms with E-state index in [1.165, 1.54) is 27.7 Å². The molecule has 3 aromatic carbocycles. The minimum absolute atomic E-state index is 0.0112. The number of aromatic nitrogens is 2. The predicted octanol–water partition coefficient (Wildman–Crippen LogP) is 6.45. The second-order valence-corrected chi connectivity index (χ2v) is 8.78. The first kappa shape index (κ1) is 18.8. The van der Waals surface area contributed by atoms with Crippen molar-refractivity contribution in [1.82, 2.24) is 9.55 Å². The topological polar surface area (TPSA) is 34.9 Å². The van der Waals surface area contributed by atoms with Crippen LogP contribution in [-0.4, -0.2) is 9.55 Å². The lowest BCUT2D eigenvalue weighted by atomic mass is 9.99. The molecule has 0 unspecified atom stereocenters. The number of nitrogens with zero attached hydrogens (tertiary/aromatic N) is 2. The van der Waals surface area contributed by atoms with Crippen LogP contribution < -0.4 is 5.56 Å². The van der Waals surface area contributed by atoms with Crippen LogP contribution in [0.25, 0.3) is 32.1 Å². The molecule has 0 saturated carbocycles. The van der Waals surface area contributed by atoms with Crippen LogP contribution in [0.2, 0.25) is 0 Å². The molecule has 0 fully saturated rings. The van der Waals surface area contributed by atoms with Crippen molar-refractivity contribution < 1.29 is 0 Å². The highest BCUT2D eigenvalue weighted by molar-refractivity contribution is 7.17. The van der Waals surface area contributed by atoms with Crippen molar-refractivity contribution in [3.8, 4) is 11.1 Å². The lowest BCUT2D eigenvalue weighted by Crippen LogP contribution is -2.21. The van der Waals surface area contributed by atoms with Gasteiger partial charge in [-0.2, -0.15) is 0 Å². The number of thiophene rings is 1. The molecule has 3 nitrogen and oxygen atoms in total. The Hall–Kier alpha value is -3.24. The van der Waals surface area contributed by atoms with Crippen LogP contribution in [0.3, 0.4) is 0 Å². The zero-order chi connectivity index (χ0) is 20.7. The van der Waals surface area contributed by atoms with Crippen molar-refractivity contribution in [3.05, 3.63) is 99.9 Å². The van der Waals surface area contributed by atoms with E-state index >= 15 is 0 Å². The van der Waals surface area contributed by atoms with E-state index in [1.54, 1.807) is 10.9 Å². The van der Waals surface area contributed by atoms with E-state index < -0.39 is 0 Å². The Balaban J connectivity index is 1.60. The summed E-state index contributed by atoms with van der Waals surface area (Å²) in [6.07, 6.45) is 1.68. The van der Waals surface area contributed by atoms with Crippen LogP contribution in [-0.2, 0) is 6.54 Å². The van der Waals surface area contributed by atoms with E-state index in [0.29, 0.717) is 17.8 Å². The zero-order valence-electron chi connectivity index (χ0n) is 17.0. The summed E-state index contributed by atoms with van der Waals surface area (Å²) < 4.78 is 1.73. The van der Waals surface area contributed by atoms with E-state index in [9.17, 15) is 4.79 Å². The second kappa shape index (κ2) is 7.54. The van der Waals surface area contributed by atoms with E-state index in [1.807, 2.05) is 23.6 Å². The SMILES string of the molecule is CC(C)c1ccc(-c2csc3ncn(Cc4cccc5ccccc45)c(=O)c23)cc1. The van der Waals surface area contributed by atoms with Crippen molar-refractivity contribution in [3.63, 3.8) is 0 Å². The molecule has 2 heterocycles. The molecule has 5 aromatic rings. The van der Waals surface area contributed by atoms with E-state index in [-0.39, 0.29) is 5.56 Å². The predicted molar refractivity (Wildman–Crippen MR) is 126 cm³/mol. The molecule has 0 spiro atoms. The maximum Gasteiger partial charge on any atom is 0.263 e. The maximum atomic E-state index is 13.4. The number of hydrogen-bond donors (Lipinski definition) is 0. The summed E-state index contributed by atoms with van der Waals surface area (Å²) in [5, 5.41) is 5.10. The van der Waals surface area contributed by atoms with Crippen LogP contribution >= 0.6 is 11.3 Å². The largest absolute Gasteiger partial charge is 0.294 e. The average Bonchev–Trinajstić information content (AvgIpc) is 3.21. The first-order valence-electron chi connectivity index (χ1n) is 10.2. The van der Waals surface area contributed by atoms with Gasteiger partial charge in [0.25, 0.3) is 5.56 Å². The summed E-state index contributed by atoms with van der Waals surface area (Å²) in [5.41, 5.74) is 4.46. The third-order valence-corrected chi connectivity index (χ3v) is 6.56. The van der Waals surface area contributed by atoms with Gasteiger partial charge in [-0.15, -0.1) is 11.3 Å². The fourth-order valence-electron chi connectivity index (χ4n) is 3.95. The summed E-state index contributed by atoms with van der Waals surface area (Å²) in [6, 6.07) is 23.0. The van der Waals surface area contributed by atoms with Gasteiger partial charge in [-0.05, 0) is 33.4 Å². The molecule has 0 aliphatic rings. The Bertz CT molecular complexity index is 1410. The molecular weight excluding hydrogens is 388 g/mol. The molecule has 0 atom stereocenters. The van der Waals surface area contributed by atoms with Crippen LogP contribution in [0.4, 0.5) is 0 Å². The normalized spacial score (nSPS) is 11.6. The van der Waals surface area contributed by atoms with Crippen LogP contribution in [0.1, 0.15) is 30.9 Å². The molecule has 30 heavy (non-hydrogen) atoms. The van der Waals surface area contributed by atoms with Gasteiger partial charge in [0.2, 0.25) is 0 Å². The molecule has 0 bridgehead atoms. The highest BCUT2D eigenvalue weighted by Gasteiger charge is 2.14. The summed E-state index contributed by atoms with van der Waals surface area (Å²) >= 11 is 1.53. The highest BCUT2D eigenvalue weighted by Crippen LogP contribution is 2.31. The summed E-state index contributed by atoms with van der Waals surface area (Å²) in [7, 11) is 0. The zero-order valence-corrected chi connectivity index (χ0v) is 17.8. The van der Waals surface area contributed by atoms with Gasteiger partial charge in [0, 0.05) is 10.9 Å². The van der Waals surface area contributed by atoms with Gasteiger partial charge in [0.15, 0.2) is 0 Å². The Morgan fingerprint density at radius 2 is 1.73 bits per heavy atom.